The predicted molar refractivity (Wildman–Crippen MR) is 58.9 cm³/mol. The summed E-state index contributed by atoms with van der Waals surface area (Å²) in [5.41, 5.74) is 0.596. The van der Waals surface area contributed by atoms with E-state index in [1.54, 1.807) is 24.5 Å². The van der Waals surface area contributed by atoms with Crippen LogP contribution in [0.5, 0.6) is 0 Å². The second-order valence-electron chi connectivity index (χ2n) is 3.43. The normalized spacial score (nSPS) is 10.1. The number of hydrogen-bond acceptors (Lipinski definition) is 3. The van der Waals surface area contributed by atoms with Crippen LogP contribution in [-0.2, 0) is 6.54 Å². The van der Waals surface area contributed by atoms with Gasteiger partial charge in [-0.1, -0.05) is 0 Å². The average molecular weight is 216 g/mol. The van der Waals surface area contributed by atoms with Crippen LogP contribution in [0.4, 0.5) is 0 Å². The van der Waals surface area contributed by atoms with Gasteiger partial charge in [-0.15, -0.1) is 0 Å². The Morgan fingerprint density at radius 3 is 2.69 bits per heavy atom. The first-order chi connectivity index (χ1) is 7.75. The molecular formula is C12H12N2O2. The molecule has 0 radical (unpaired) electrons. The molecule has 0 aromatic carbocycles. The Morgan fingerprint density at radius 1 is 1.31 bits per heavy atom. The van der Waals surface area contributed by atoms with Crippen LogP contribution in [0.2, 0.25) is 0 Å². The van der Waals surface area contributed by atoms with Crippen molar-refractivity contribution in [3.05, 3.63) is 53.7 Å². The smallest absolute Gasteiger partial charge is 0.251 e. The zero-order valence-electron chi connectivity index (χ0n) is 8.93. The summed E-state index contributed by atoms with van der Waals surface area (Å²) in [4.78, 5) is 15.5. The van der Waals surface area contributed by atoms with E-state index in [0.29, 0.717) is 12.1 Å². The number of amides is 1. The largest absolute Gasteiger partial charge is 0.465 e. The Labute approximate surface area is 93.3 Å². The highest BCUT2D eigenvalue weighted by Gasteiger charge is 2.05. The van der Waals surface area contributed by atoms with Crippen LogP contribution in [-0.4, -0.2) is 10.9 Å². The van der Waals surface area contributed by atoms with Gasteiger partial charge >= 0.3 is 0 Å². The highest BCUT2D eigenvalue weighted by atomic mass is 16.3. The van der Waals surface area contributed by atoms with E-state index in [1.807, 2.05) is 19.1 Å². The molecule has 0 aliphatic rings. The molecule has 0 fully saturated rings. The van der Waals surface area contributed by atoms with Gasteiger partial charge in [-0.2, -0.15) is 0 Å². The molecule has 0 aliphatic carbocycles. The lowest BCUT2D eigenvalue weighted by Gasteiger charge is -2.02. The van der Waals surface area contributed by atoms with E-state index < -0.39 is 0 Å². The number of carbonyl (C=O) groups is 1. The molecule has 2 heterocycles. The molecule has 4 nitrogen and oxygen atoms in total. The van der Waals surface area contributed by atoms with E-state index in [9.17, 15) is 4.79 Å². The highest BCUT2D eigenvalue weighted by Crippen LogP contribution is 2.06. The van der Waals surface area contributed by atoms with E-state index >= 15 is 0 Å². The van der Waals surface area contributed by atoms with Crippen LogP contribution in [0.1, 0.15) is 21.9 Å². The van der Waals surface area contributed by atoms with Gasteiger partial charge < -0.3 is 9.73 Å². The third kappa shape index (κ3) is 2.48. The number of aromatic nitrogens is 1. The van der Waals surface area contributed by atoms with Crippen molar-refractivity contribution in [3.8, 4) is 0 Å². The van der Waals surface area contributed by atoms with Crippen molar-refractivity contribution in [2.75, 3.05) is 0 Å². The molecule has 1 amide bonds. The topological polar surface area (TPSA) is 55.1 Å². The van der Waals surface area contributed by atoms with E-state index in [4.69, 9.17) is 4.42 Å². The molecule has 82 valence electrons. The lowest BCUT2D eigenvalue weighted by molar-refractivity contribution is 0.0948. The van der Waals surface area contributed by atoms with Gasteiger partial charge in [0.25, 0.3) is 5.91 Å². The number of pyridine rings is 1. The van der Waals surface area contributed by atoms with Crippen molar-refractivity contribution in [2.45, 2.75) is 13.5 Å². The summed E-state index contributed by atoms with van der Waals surface area (Å²) in [6.07, 6.45) is 3.18. The second-order valence-corrected chi connectivity index (χ2v) is 3.43. The molecule has 0 atom stereocenters. The number of furan rings is 1. The third-order valence-corrected chi connectivity index (χ3v) is 2.16. The minimum absolute atomic E-state index is 0.128. The average Bonchev–Trinajstić information content (AvgIpc) is 2.73. The highest BCUT2D eigenvalue weighted by molar-refractivity contribution is 5.93. The second kappa shape index (κ2) is 4.61. The van der Waals surface area contributed by atoms with Crippen LogP contribution in [0, 0.1) is 6.92 Å². The Balaban J connectivity index is 1.94. The maximum absolute atomic E-state index is 11.6. The van der Waals surface area contributed by atoms with Crippen molar-refractivity contribution in [1.29, 1.82) is 0 Å². The van der Waals surface area contributed by atoms with Gasteiger partial charge in [0.05, 0.1) is 6.54 Å². The van der Waals surface area contributed by atoms with Crippen LogP contribution in [0.15, 0.2) is 41.1 Å². The third-order valence-electron chi connectivity index (χ3n) is 2.16. The molecule has 0 aliphatic heterocycles. The van der Waals surface area contributed by atoms with Gasteiger partial charge in [-0.25, -0.2) is 0 Å². The van der Waals surface area contributed by atoms with E-state index in [1.165, 1.54) is 0 Å². The summed E-state index contributed by atoms with van der Waals surface area (Å²) in [6, 6.07) is 7.06. The molecule has 1 N–H and O–H groups in total. The summed E-state index contributed by atoms with van der Waals surface area (Å²) >= 11 is 0. The fourth-order valence-electron chi connectivity index (χ4n) is 1.35. The van der Waals surface area contributed by atoms with Crippen LogP contribution < -0.4 is 5.32 Å². The molecule has 0 saturated heterocycles. The molecule has 16 heavy (non-hydrogen) atoms. The Bertz CT molecular complexity index is 477. The number of carbonyl (C=O) groups excluding carboxylic acids is 1. The van der Waals surface area contributed by atoms with Crippen molar-refractivity contribution < 1.29 is 9.21 Å². The van der Waals surface area contributed by atoms with Gasteiger partial charge in [0.1, 0.15) is 11.5 Å². The summed E-state index contributed by atoms with van der Waals surface area (Å²) < 4.78 is 5.34. The Morgan fingerprint density at radius 2 is 2.06 bits per heavy atom. The number of hydrogen-bond donors (Lipinski definition) is 1. The first-order valence-electron chi connectivity index (χ1n) is 4.99. The lowest BCUT2D eigenvalue weighted by Crippen LogP contribution is -2.22. The molecule has 0 bridgehead atoms. The molecule has 4 heteroatoms. The van der Waals surface area contributed by atoms with Gasteiger partial charge in [-0.3, -0.25) is 9.78 Å². The van der Waals surface area contributed by atoms with E-state index in [0.717, 1.165) is 11.5 Å². The molecule has 2 aromatic rings. The first-order valence-corrected chi connectivity index (χ1v) is 4.99. The van der Waals surface area contributed by atoms with Crippen molar-refractivity contribution in [3.63, 3.8) is 0 Å². The van der Waals surface area contributed by atoms with Gasteiger partial charge in [0, 0.05) is 18.0 Å². The van der Waals surface area contributed by atoms with Crippen LogP contribution in [0.25, 0.3) is 0 Å². The van der Waals surface area contributed by atoms with Crippen LogP contribution >= 0.6 is 0 Å². The monoisotopic (exact) mass is 216 g/mol. The quantitative estimate of drug-likeness (QED) is 0.852. The van der Waals surface area contributed by atoms with Gasteiger partial charge in [0.2, 0.25) is 0 Å². The number of rotatable bonds is 3. The van der Waals surface area contributed by atoms with E-state index in [2.05, 4.69) is 10.3 Å². The molecule has 0 spiro atoms. The molecule has 2 rings (SSSR count). The lowest BCUT2D eigenvalue weighted by atomic mass is 10.2. The minimum Gasteiger partial charge on any atom is -0.465 e. The molecule has 2 aromatic heterocycles. The Kier molecular flexibility index (Phi) is 3.00. The predicted octanol–water partition coefficient (Wildman–Crippen LogP) is 1.91. The van der Waals surface area contributed by atoms with Gasteiger partial charge in [-0.05, 0) is 31.2 Å². The SMILES string of the molecule is Cc1ccc(CNC(=O)c2ccncc2)o1. The Hall–Kier alpha value is -2.10. The zero-order chi connectivity index (χ0) is 11.4. The molecular weight excluding hydrogens is 204 g/mol. The maximum Gasteiger partial charge on any atom is 0.251 e. The van der Waals surface area contributed by atoms with Crippen molar-refractivity contribution >= 4 is 5.91 Å². The minimum atomic E-state index is -0.128. The fourth-order valence-corrected chi connectivity index (χ4v) is 1.35. The number of aryl methyl sites for hydroxylation is 1. The van der Waals surface area contributed by atoms with Gasteiger partial charge in [0.15, 0.2) is 0 Å². The first kappa shape index (κ1) is 10.4. The zero-order valence-corrected chi connectivity index (χ0v) is 8.93. The fraction of sp³-hybridized carbons (Fsp3) is 0.167. The summed E-state index contributed by atoms with van der Waals surface area (Å²) in [6.45, 7) is 2.27. The number of nitrogens with one attached hydrogen (secondary N) is 1. The summed E-state index contributed by atoms with van der Waals surface area (Å²) in [7, 11) is 0. The standard InChI is InChI=1S/C12H12N2O2/c1-9-2-3-11(16-9)8-14-12(15)10-4-6-13-7-5-10/h2-7H,8H2,1H3,(H,14,15). The maximum atomic E-state index is 11.6. The summed E-state index contributed by atoms with van der Waals surface area (Å²) in [5, 5.41) is 2.77. The van der Waals surface area contributed by atoms with Crippen LogP contribution in [0.3, 0.4) is 0 Å². The number of nitrogens with zero attached hydrogens (tertiary/aromatic N) is 1. The van der Waals surface area contributed by atoms with Crippen molar-refractivity contribution in [2.24, 2.45) is 0 Å². The summed E-state index contributed by atoms with van der Waals surface area (Å²) in [5.74, 6) is 1.46. The molecule has 0 saturated carbocycles. The van der Waals surface area contributed by atoms with Crippen molar-refractivity contribution in [1.82, 2.24) is 10.3 Å². The molecule has 0 unspecified atom stereocenters. The van der Waals surface area contributed by atoms with E-state index in [-0.39, 0.29) is 5.91 Å².